The Labute approximate surface area is 548 Å². The first-order chi connectivity index (χ1) is 45.4. The zero-order valence-corrected chi connectivity index (χ0v) is 54.8. The van der Waals surface area contributed by atoms with Crippen LogP contribution in [0.3, 0.4) is 0 Å². The van der Waals surface area contributed by atoms with Crippen LogP contribution in [0.1, 0.15) is 47.2 Å². The monoisotopic (exact) mass is 1350 g/mol. The summed E-state index contributed by atoms with van der Waals surface area (Å²) in [6, 6.07) is 68.0. The van der Waals surface area contributed by atoms with Crippen molar-refractivity contribution in [2.75, 3.05) is 5.88 Å². The summed E-state index contributed by atoms with van der Waals surface area (Å²) in [6.45, 7) is 3.79. The normalized spacial score (nSPS) is 11.3. The van der Waals surface area contributed by atoms with Gasteiger partial charge in [0.2, 0.25) is 0 Å². The number of hydrogen-bond acceptors (Lipinski definition) is 18. The molecule has 9 aromatic carbocycles. The largest absolute Gasteiger partial charge is 0.407 e. The predicted octanol–water partition coefficient (Wildman–Crippen LogP) is 14.0. The van der Waals surface area contributed by atoms with Crippen molar-refractivity contribution in [3.05, 3.63) is 331 Å². The number of benzene rings is 9. The lowest BCUT2D eigenvalue weighted by Gasteiger charge is -2.31. The second-order valence-corrected chi connectivity index (χ2v) is 30.9. The molecule has 0 aliphatic rings. The molecule has 0 bridgehead atoms. The van der Waals surface area contributed by atoms with Gasteiger partial charge in [-0.2, -0.15) is 0 Å². The molecule has 9 aromatic rings. The van der Waals surface area contributed by atoms with Gasteiger partial charge in [0.05, 0.1) is 103 Å². The Morgan fingerprint density at radius 1 is 0.298 bits per heavy atom. The molecule has 0 atom stereocenters. The molecule has 0 aliphatic heterocycles. The highest BCUT2D eigenvalue weighted by Gasteiger charge is 2.44. The molecular formula is C66H65ClN6O18Si3. The van der Waals surface area contributed by atoms with E-state index in [9.17, 15) is 60.7 Å². The number of nitro groups is 6. The molecule has 0 saturated heterocycles. The van der Waals surface area contributed by atoms with Gasteiger partial charge in [-0.3, -0.25) is 60.7 Å². The average molecular weight is 1350 g/mol. The first-order valence-electron chi connectivity index (χ1n) is 29.3. The Balaban J connectivity index is 0.000000201. The van der Waals surface area contributed by atoms with Gasteiger partial charge in [0.15, 0.2) is 0 Å². The number of halogens is 1. The van der Waals surface area contributed by atoms with Crippen LogP contribution in [0.2, 0.25) is 18.1 Å². The van der Waals surface area contributed by atoms with Crippen molar-refractivity contribution in [2.24, 2.45) is 0 Å². The third-order valence-corrected chi connectivity index (χ3v) is 25.5. The molecule has 0 fully saturated rings. The second-order valence-electron chi connectivity index (χ2n) is 20.6. The first kappa shape index (κ1) is 71.5. The third kappa shape index (κ3) is 19.1. The van der Waals surface area contributed by atoms with Crippen molar-refractivity contribution in [3.8, 4) is 0 Å². The molecule has 0 unspecified atom stereocenters. The van der Waals surface area contributed by atoms with Crippen LogP contribution in [0, 0.1) is 60.7 Å². The van der Waals surface area contributed by atoms with Crippen molar-refractivity contribution in [1.82, 2.24) is 0 Å². The summed E-state index contributed by atoms with van der Waals surface area (Å²) in [5, 5.41) is 70.6. The van der Waals surface area contributed by atoms with Gasteiger partial charge < -0.3 is 26.6 Å². The molecule has 0 spiro atoms. The van der Waals surface area contributed by atoms with Crippen LogP contribution in [0.5, 0.6) is 0 Å². The molecule has 24 nitrogen and oxygen atoms in total. The fourth-order valence-electron chi connectivity index (χ4n) is 9.90. The highest BCUT2D eigenvalue weighted by atomic mass is 35.5. The minimum absolute atomic E-state index is 0.00584. The van der Waals surface area contributed by atoms with E-state index < -0.39 is 55.2 Å². The molecule has 0 heterocycles. The second kappa shape index (κ2) is 35.2. The lowest BCUT2D eigenvalue weighted by Crippen LogP contribution is -2.63. The molecule has 0 aromatic heterocycles. The molecule has 486 valence electrons. The van der Waals surface area contributed by atoms with E-state index in [1.807, 2.05) is 105 Å². The average Bonchev–Trinajstić information content (AvgIpc) is 0.788. The third-order valence-electron chi connectivity index (χ3n) is 14.9. The number of nitrogens with zero attached hydrogens (tertiary/aromatic N) is 6. The Morgan fingerprint density at radius 3 is 0.745 bits per heavy atom. The van der Waals surface area contributed by atoms with Gasteiger partial charge in [0.25, 0.3) is 34.1 Å². The fourth-order valence-corrected chi connectivity index (χ4v) is 18.7. The number of nitro benzene ring substituents is 6. The van der Waals surface area contributed by atoms with Crippen LogP contribution >= 0.6 is 11.6 Å². The Bertz CT molecular complexity index is 3790. The van der Waals surface area contributed by atoms with E-state index in [4.69, 9.17) is 38.2 Å². The molecule has 0 radical (unpaired) electrons. The molecule has 28 heteroatoms. The van der Waals surface area contributed by atoms with Crippen molar-refractivity contribution in [1.29, 1.82) is 0 Å². The van der Waals surface area contributed by atoms with E-state index in [1.54, 1.807) is 109 Å². The highest BCUT2D eigenvalue weighted by Crippen LogP contribution is 2.31. The van der Waals surface area contributed by atoms with E-state index in [0.29, 0.717) is 51.5 Å². The van der Waals surface area contributed by atoms with Gasteiger partial charge in [-0.1, -0.05) is 178 Å². The van der Waals surface area contributed by atoms with E-state index in [1.165, 1.54) is 36.4 Å². The van der Waals surface area contributed by atoms with Gasteiger partial charge in [-0.25, -0.2) is 0 Å². The zero-order chi connectivity index (χ0) is 67.5. The van der Waals surface area contributed by atoms with Crippen molar-refractivity contribution < 1.29 is 56.1 Å². The minimum atomic E-state index is -3.47. The fraction of sp³-hybridized carbons (Fsp3) is 0.182. The summed E-state index contributed by atoms with van der Waals surface area (Å²) >= 11 is 6.12. The highest BCUT2D eigenvalue weighted by molar-refractivity contribution is 6.92. The van der Waals surface area contributed by atoms with Gasteiger partial charge in [0.1, 0.15) is 0 Å². The molecule has 0 amide bonds. The van der Waals surface area contributed by atoms with E-state index >= 15 is 0 Å². The number of para-hydroxylation sites is 6. The first-order valence-corrected chi connectivity index (χ1v) is 35.9. The minimum Gasteiger partial charge on any atom is -0.389 e. The van der Waals surface area contributed by atoms with Gasteiger partial charge >= 0.3 is 25.7 Å². The SMILES string of the molecule is CC[Si](CC)(OCc1ccccc1[N+](=O)[O-])OCc1ccccc1[N+](=O)[O-].O=[N+]([O-])c1ccccc1CO[Si](CCCl)(OCc1ccccc1[N+](=O)[O-])c1ccccc1.O=[N+]([O-])c1ccccc1CO[Si](OCc1ccccc1[N+](=O)[O-])(c1ccccc1)c1ccccc1. The quantitative estimate of drug-likeness (QED) is 0.0169. The Kier molecular flexibility index (Phi) is 26.8. The van der Waals surface area contributed by atoms with Crippen molar-refractivity contribution in [3.63, 3.8) is 0 Å². The summed E-state index contributed by atoms with van der Waals surface area (Å²) in [6.07, 6.45) is 0. The van der Waals surface area contributed by atoms with Crippen LogP contribution < -0.4 is 15.6 Å². The smallest absolute Gasteiger partial charge is 0.389 e. The molecular weight excluding hydrogens is 1280 g/mol. The van der Waals surface area contributed by atoms with Crippen molar-refractivity contribution in [2.45, 2.75) is 71.6 Å². The summed E-state index contributed by atoms with van der Waals surface area (Å²) in [7, 11) is -9.37. The summed E-state index contributed by atoms with van der Waals surface area (Å²) in [5.41, 5.74) is 2.43. The molecule has 94 heavy (non-hydrogen) atoms. The molecule has 9 rings (SSSR count). The van der Waals surface area contributed by atoms with E-state index in [2.05, 4.69) is 0 Å². The van der Waals surface area contributed by atoms with Crippen LogP contribution in [0.25, 0.3) is 0 Å². The molecule has 0 saturated carbocycles. The van der Waals surface area contributed by atoms with Gasteiger partial charge in [-0.15, -0.1) is 11.6 Å². The summed E-state index contributed by atoms with van der Waals surface area (Å²) in [5.74, 6) is 0.231. The van der Waals surface area contributed by atoms with Gasteiger partial charge in [-0.05, 0) is 64.0 Å². The summed E-state index contributed by atoms with van der Waals surface area (Å²) < 4.78 is 37.9. The van der Waals surface area contributed by atoms with Crippen LogP contribution in [-0.2, 0) is 66.2 Å². The topological polar surface area (TPSA) is 314 Å². The predicted molar refractivity (Wildman–Crippen MR) is 359 cm³/mol. The van der Waals surface area contributed by atoms with E-state index in [0.717, 1.165) is 15.6 Å². The summed E-state index contributed by atoms with van der Waals surface area (Å²) in [4.78, 5) is 65.6. The molecule has 0 N–H and O–H groups in total. The van der Waals surface area contributed by atoms with Gasteiger partial charge in [0, 0.05) is 48.3 Å². The van der Waals surface area contributed by atoms with Crippen LogP contribution in [-0.4, -0.2) is 61.1 Å². The Hall–Kier alpha value is -9.92. The number of rotatable bonds is 31. The zero-order valence-electron chi connectivity index (χ0n) is 51.0. The van der Waals surface area contributed by atoms with E-state index in [-0.39, 0.29) is 79.6 Å². The van der Waals surface area contributed by atoms with Crippen LogP contribution in [0.4, 0.5) is 34.1 Å². The molecule has 0 aliphatic carbocycles. The standard InChI is InChI=1S/C26H22N2O6Si.C22H21ClN2O6Si.C18H22N2O6Si/c29-27(30)25-17-9-7-11-21(25)19-33-35(23-13-3-1-4-14-23,24-15-5-2-6-16-24)34-20-22-12-8-10-18-26(22)28(31)32;23-14-15-32(20-10-2-1-3-11-20,30-16-18-8-4-6-12-21(18)24(26)27)31-17-19-9-5-7-13-22(19)25(28)29;1-3-27(4-2,25-13-15-9-5-7-11-17(15)19(21)22)26-14-16-10-6-8-12-18(16)20(23)24/h1-18H,19-20H2;1-13H,14-17H2;5-12H,3-4,13-14H2,1-2H3. The number of hydrogen-bond donors (Lipinski definition) is 0. The lowest BCUT2D eigenvalue weighted by molar-refractivity contribution is -0.386. The Morgan fingerprint density at radius 2 is 0.511 bits per heavy atom. The lowest BCUT2D eigenvalue weighted by atomic mass is 10.2. The maximum atomic E-state index is 11.6. The van der Waals surface area contributed by atoms with Crippen LogP contribution in [0.15, 0.2) is 237 Å². The maximum Gasteiger partial charge on any atom is 0.407 e. The maximum absolute atomic E-state index is 11.6. The van der Waals surface area contributed by atoms with Crippen molar-refractivity contribution >= 4 is 87.0 Å². The number of alkyl halides is 1.